The molecule has 0 heterocycles. The number of ether oxygens (including phenoxy) is 1. The van der Waals surface area contributed by atoms with Gasteiger partial charge >= 0.3 is 0 Å². The van der Waals surface area contributed by atoms with Crippen molar-refractivity contribution < 1.29 is 17.9 Å². The van der Waals surface area contributed by atoms with E-state index < -0.39 is 10.0 Å². The summed E-state index contributed by atoms with van der Waals surface area (Å²) in [4.78, 5) is 13.9. The van der Waals surface area contributed by atoms with E-state index >= 15 is 0 Å². The molecule has 1 amide bonds. The maximum atomic E-state index is 14.1. The van der Waals surface area contributed by atoms with Gasteiger partial charge in [0.25, 0.3) is 15.9 Å². The normalized spacial score (nSPS) is 23.7. The number of nitrogens with zero attached hydrogens (tertiary/aromatic N) is 1. The average molecular weight is 607 g/mol. The molecule has 4 aromatic carbocycles. The van der Waals surface area contributed by atoms with Gasteiger partial charge in [0.15, 0.2) is 0 Å². The molecule has 4 fully saturated rings. The Morgan fingerprint density at radius 3 is 2.00 bits per heavy atom. The lowest BCUT2D eigenvalue weighted by Crippen LogP contribution is -2.48. The van der Waals surface area contributed by atoms with Crippen molar-refractivity contribution in [2.45, 2.75) is 55.4 Å². The van der Waals surface area contributed by atoms with Gasteiger partial charge in [-0.15, -0.1) is 0 Å². The van der Waals surface area contributed by atoms with Gasteiger partial charge < -0.3 is 10.1 Å². The van der Waals surface area contributed by atoms with E-state index in [0.29, 0.717) is 17.1 Å². The van der Waals surface area contributed by atoms with Crippen molar-refractivity contribution in [2.24, 2.45) is 17.8 Å². The van der Waals surface area contributed by atoms with E-state index in [1.165, 1.54) is 67.6 Å². The summed E-state index contributed by atoms with van der Waals surface area (Å²) in [5, 5.41) is 3.05. The Morgan fingerprint density at radius 1 is 0.795 bits per heavy atom. The van der Waals surface area contributed by atoms with Crippen LogP contribution in [0, 0.1) is 17.8 Å². The Balaban J connectivity index is 1.17. The van der Waals surface area contributed by atoms with E-state index in [1.807, 2.05) is 42.5 Å². The lowest BCUT2D eigenvalue weighted by molar-refractivity contribution is -0.00518. The maximum absolute atomic E-state index is 14.1. The smallest absolute Gasteiger partial charge is 0.264 e. The molecule has 7 heteroatoms. The van der Waals surface area contributed by atoms with E-state index in [4.69, 9.17) is 4.74 Å². The number of carbonyl (C=O) groups excluding carboxylic acids is 1. The Labute approximate surface area is 260 Å². The number of amides is 1. The maximum Gasteiger partial charge on any atom is 0.264 e. The van der Waals surface area contributed by atoms with Gasteiger partial charge in [0.1, 0.15) is 5.75 Å². The van der Waals surface area contributed by atoms with Crippen molar-refractivity contribution >= 4 is 27.3 Å². The fourth-order valence-corrected chi connectivity index (χ4v) is 9.85. The second kappa shape index (κ2) is 11.4. The monoisotopic (exact) mass is 606 g/mol. The van der Waals surface area contributed by atoms with Crippen molar-refractivity contribution in [1.82, 2.24) is 0 Å². The number of sulfonamides is 1. The summed E-state index contributed by atoms with van der Waals surface area (Å²) in [6.45, 7) is 0.0687. The summed E-state index contributed by atoms with van der Waals surface area (Å²) in [6.07, 6.45) is 8.08. The minimum absolute atomic E-state index is 0.0687. The van der Waals surface area contributed by atoms with E-state index in [0.717, 1.165) is 23.3 Å². The first-order chi connectivity index (χ1) is 21.3. The Bertz CT molecular complexity index is 1720. The Kier molecular flexibility index (Phi) is 7.45. The Hall–Kier alpha value is -4.10. The van der Waals surface area contributed by atoms with Crippen LogP contribution in [-0.4, -0.2) is 21.4 Å². The highest BCUT2D eigenvalue weighted by Gasteiger charge is 2.51. The summed E-state index contributed by atoms with van der Waals surface area (Å²) >= 11 is 0. The number of nitrogens with one attached hydrogen (secondary N) is 1. The van der Waals surface area contributed by atoms with Crippen LogP contribution < -0.4 is 14.4 Å². The van der Waals surface area contributed by atoms with E-state index in [1.54, 1.807) is 36.4 Å². The van der Waals surface area contributed by atoms with Gasteiger partial charge in [0.2, 0.25) is 0 Å². The molecule has 4 saturated carbocycles. The van der Waals surface area contributed by atoms with Crippen LogP contribution in [0.1, 0.15) is 60.0 Å². The van der Waals surface area contributed by atoms with Crippen molar-refractivity contribution in [1.29, 1.82) is 0 Å². The van der Waals surface area contributed by atoms with E-state index in [-0.39, 0.29) is 28.3 Å². The molecule has 8 rings (SSSR count). The van der Waals surface area contributed by atoms with Crippen molar-refractivity contribution in [3.05, 3.63) is 120 Å². The SMILES string of the molecule is COc1ccc(S(=O)(=O)N(Cc2ccccc2)c2ccccc2C(=O)Nc2ccc(C34CC5CC(CC(C5)C3)C4)cc2)cc1. The predicted octanol–water partition coefficient (Wildman–Crippen LogP) is 7.81. The fourth-order valence-electron chi connectivity index (χ4n) is 8.38. The van der Waals surface area contributed by atoms with Gasteiger partial charge in [-0.25, -0.2) is 8.42 Å². The highest BCUT2D eigenvalue weighted by molar-refractivity contribution is 7.92. The minimum Gasteiger partial charge on any atom is -0.497 e. The molecule has 4 aromatic rings. The molecule has 4 aliphatic carbocycles. The number of anilines is 2. The van der Waals surface area contributed by atoms with Crippen molar-refractivity contribution in [3.63, 3.8) is 0 Å². The molecule has 226 valence electrons. The summed E-state index contributed by atoms with van der Waals surface area (Å²) in [5.41, 5.74) is 3.79. The zero-order chi connectivity index (χ0) is 30.3. The van der Waals surface area contributed by atoms with Gasteiger partial charge in [0, 0.05) is 5.69 Å². The molecule has 4 bridgehead atoms. The molecule has 0 atom stereocenters. The third-order valence-corrected chi connectivity index (χ3v) is 11.8. The van der Waals surface area contributed by atoms with Crippen LogP contribution in [0.5, 0.6) is 5.75 Å². The van der Waals surface area contributed by atoms with Gasteiger partial charge in [-0.2, -0.15) is 0 Å². The quantitative estimate of drug-likeness (QED) is 0.211. The number of hydrogen-bond acceptors (Lipinski definition) is 4. The largest absolute Gasteiger partial charge is 0.497 e. The molecule has 4 aliphatic rings. The van der Waals surface area contributed by atoms with Crippen molar-refractivity contribution in [2.75, 3.05) is 16.7 Å². The van der Waals surface area contributed by atoms with Crippen LogP contribution in [0.25, 0.3) is 0 Å². The second-order valence-corrected chi connectivity index (χ2v) is 14.8. The standard InChI is InChI=1S/C37H38N2O4S/c1-43-32-15-17-33(18-16-32)44(41,42)39(25-26-7-3-2-4-8-26)35-10-6-5-9-34(35)36(40)38-31-13-11-30(12-14-31)37-22-27-19-28(23-37)21-29(20-27)24-37/h2-18,27-29H,19-25H2,1H3,(H,38,40). The number of rotatable bonds is 9. The third-order valence-electron chi connectivity index (χ3n) is 10.0. The molecule has 1 N–H and O–H groups in total. The predicted molar refractivity (Wildman–Crippen MR) is 173 cm³/mol. The fraction of sp³-hybridized carbons (Fsp3) is 0.324. The lowest BCUT2D eigenvalue weighted by atomic mass is 9.48. The first kappa shape index (κ1) is 28.7. The van der Waals surface area contributed by atoms with E-state index in [2.05, 4.69) is 17.4 Å². The first-order valence-corrected chi connectivity index (χ1v) is 17.0. The highest BCUT2D eigenvalue weighted by atomic mass is 32.2. The first-order valence-electron chi connectivity index (χ1n) is 15.5. The molecule has 6 nitrogen and oxygen atoms in total. The summed E-state index contributed by atoms with van der Waals surface area (Å²) < 4.78 is 34.8. The molecule has 44 heavy (non-hydrogen) atoms. The van der Waals surface area contributed by atoms with E-state index in [9.17, 15) is 13.2 Å². The van der Waals surface area contributed by atoms with Crippen LogP contribution >= 0.6 is 0 Å². The molecule has 0 aliphatic heterocycles. The number of carbonyl (C=O) groups is 1. The Morgan fingerprint density at radius 2 is 1.39 bits per heavy atom. The minimum atomic E-state index is -4.04. The zero-order valence-electron chi connectivity index (χ0n) is 25.0. The number of hydrogen-bond donors (Lipinski definition) is 1. The zero-order valence-corrected chi connectivity index (χ0v) is 25.8. The molecule has 0 saturated heterocycles. The van der Waals surface area contributed by atoms with Gasteiger partial charge in [-0.1, -0.05) is 54.6 Å². The average Bonchev–Trinajstić information content (AvgIpc) is 3.04. The van der Waals surface area contributed by atoms with Crippen LogP contribution in [0.3, 0.4) is 0 Å². The molecule has 0 radical (unpaired) electrons. The van der Waals surface area contributed by atoms with Crippen molar-refractivity contribution in [3.8, 4) is 5.75 Å². The molecule has 0 spiro atoms. The van der Waals surface area contributed by atoms with Gasteiger partial charge in [-0.3, -0.25) is 9.10 Å². The molecule has 0 unspecified atom stereocenters. The third kappa shape index (κ3) is 5.38. The summed E-state index contributed by atoms with van der Waals surface area (Å²) in [5.74, 6) is 2.80. The molecular formula is C37H38N2O4S. The van der Waals surface area contributed by atoms with Crippen LogP contribution in [0.2, 0.25) is 0 Å². The topological polar surface area (TPSA) is 75.7 Å². The summed E-state index contributed by atoms with van der Waals surface area (Å²) in [7, 11) is -2.50. The van der Waals surface area contributed by atoms with Crippen LogP contribution in [-0.2, 0) is 22.0 Å². The highest BCUT2D eigenvalue weighted by Crippen LogP contribution is 2.60. The molecular weight excluding hydrogens is 568 g/mol. The number of methoxy groups -OCH3 is 1. The van der Waals surface area contributed by atoms with Crippen LogP contribution in [0.15, 0.2) is 108 Å². The lowest BCUT2D eigenvalue weighted by Gasteiger charge is -2.57. The second-order valence-electron chi connectivity index (χ2n) is 12.9. The molecule has 0 aromatic heterocycles. The van der Waals surface area contributed by atoms with Crippen LogP contribution in [0.4, 0.5) is 11.4 Å². The number of benzene rings is 4. The summed E-state index contributed by atoms with van der Waals surface area (Å²) in [6, 6.07) is 31.0. The van der Waals surface area contributed by atoms with Gasteiger partial charge in [-0.05, 0) is 121 Å². The number of para-hydroxylation sites is 1. The van der Waals surface area contributed by atoms with Gasteiger partial charge in [0.05, 0.1) is 29.8 Å².